The van der Waals surface area contributed by atoms with Gasteiger partial charge in [-0.3, -0.25) is 4.79 Å². The second-order valence-corrected chi connectivity index (χ2v) is 5.92. The molecule has 1 aromatic heterocycles. The molecule has 6 nitrogen and oxygen atoms in total. The third kappa shape index (κ3) is 3.66. The molecule has 0 aliphatic carbocycles. The van der Waals surface area contributed by atoms with E-state index in [4.69, 9.17) is 5.73 Å². The summed E-state index contributed by atoms with van der Waals surface area (Å²) in [5.74, 6) is -0.0292. The summed E-state index contributed by atoms with van der Waals surface area (Å²) in [5.41, 5.74) is 7.06. The molecule has 0 unspecified atom stereocenters. The van der Waals surface area contributed by atoms with Crippen molar-refractivity contribution in [1.29, 1.82) is 0 Å². The van der Waals surface area contributed by atoms with Crippen LogP contribution in [0.2, 0.25) is 0 Å². The zero-order valence-electron chi connectivity index (χ0n) is 12.7. The first-order chi connectivity index (χ1) is 9.93. The first kappa shape index (κ1) is 15.2. The van der Waals surface area contributed by atoms with Crippen LogP contribution in [0.4, 0.5) is 0 Å². The largest absolute Gasteiger partial charge is 0.341 e. The standard InChI is InChI=1S/C15H21N5O/c1-15(2,8-16)9-19(3)14(21)12-5-4-6-13(7-12)20-11-17-10-18-20/h4-7,10-11H,8-9,16H2,1-3H3. The lowest BCUT2D eigenvalue weighted by Gasteiger charge is -2.29. The van der Waals surface area contributed by atoms with E-state index in [0.717, 1.165) is 5.69 Å². The molecule has 112 valence electrons. The Bertz CT molecular complexity index is 606. The number of carbonyl (C=O) groups is 1. The van der Waals surface area contributed by atoms with Crippen molar-refractivity contribution in [1.82, 2.24) is 19.7 Å². The minimum Gasteiger partial charge on any atom is -0.341 e. The van der Waals surface area contributed by atoms with Gasteiger partial charge in [-0.05, 0) is 30.2 Å². The normalized spacial score (nSPS) is 11.4. The summed E-state index contributed by atoms with van der Waals surface area (Å²) in [6.07, 6.45) is 3.06. The van der Waals surface area contributed by atoms with E-state index >= 15 is 0 Å². The number of carbonyl (C=O) groups excluding carboxylic acids is 1. The van der Waals surface area contributed by atoms with Crippen LogP contribution in [0.3, 0.4) is 0 Å². The van der Waals surface area contributed by atoms with Gasteiger partial charge in [-0.2, -0.15) is 5.10 Å². The van der Waals surface area contributed by atoms with Gasteiger partial charge in [-0.25, -0.2) is 9.67 Å². The van der Waals surface area contributed by atoms with Gasteiger partial charge in [0.2, 0.25) is 0 Å². The zero-order chi connectivity index (χ0) is 15.5. The van der Waals surface area contributed by atoms with Gasteiger partial charge in [0.05, 0.1) is 5.69 Å². The quantitative estimate of drug-likeness (QED) is 0.900. The molecule has 21 heavy (non-hydrogen) atoms. The Morgan fingerprint density at radius 1 is 1.43 bits per heavy atom. The predicted molar refractivity (Wildman–Crippen MR) is 81.2 cm³/mol. The monoisotopic (exact) mass is 287 g/mol. The van der Waals surface area contributed by atoms with Crippen LogP contribution in [-0.4, -0.2) is 45.7 Å². The second kappa shape index (κ2) is 6.05. The molecule has 0 radical (unpaired) electrons. The zero-order valence-corrected chi connectivity index (χ0v) is 12.7. The highest BCUT2D eigenvalue weighted by Gasteiger charge is 2.22. The fraction of sp³-hybridized carbons (Fsp3) is 0.400. The van der Waals surface area contributed by atoms with Crippen LogP contribution < -0.4 is 5.73 Å². The molecule has 0 spiro atoms. The third-order valence-electron chi connectivity index (χ3n) is 3.34. The maximum absolute atomic E-state index is 12.5. The van der Waals surface area contributed by atoms with Crippen LogP contribution in [0.15, 0.2) is 36.9 Å². The molecule has 0 aliphatic heterocycles. The number of rotatable bonds is 5. The van der Waals surface area contributed by atoms with Gasteiger partial charge in [-0.15, -0.1) is 0 Å². The Labute approximate surface area is 124 Å². The molecule has 0 bridgehead atoms. The summed E-state index contributed by atoms with van der Waals surface area (Å²) in [6.45, 7) is 5.23. The number of nitrogens with zero attached hydrogens (tertiary/aromatic N) is 4. The van der Waals surface area contributed by atoms with Crippen LogP contribution in [0.1, 0.15) is 24.2 Å². The molecular weight excluding hydrogens is 266 g/mol. The maximum Gasteiger partial charge on any atom is 0.253 e. The van der Waals surface area contributed by atoms with E-state index in [1.165, 1.54) is 6.33 Å². The van der Waals surface area contributed by atoms with E-state index in [2.05, 4.69) is 10.1 Å². The van der Waals surface area contributed by atoms with Crippen molar-refractivity contribution in [2.24, 2.45) is 11.1 Å². The van der Waals surface area contributed by atoms with Gasteiger partial charge in [0.15, 0.2) is 0 Å². The van der Waals surface area contributed by atoms with Crippen LogP contribution in [0.5, 0.6) is 0 Å². The van der Waals surface area contributed by atoms with Crippen molar-refractivity contribution in [3.8, 4) is 5.69 Å². The van der Waals surface area contributed by atoms with Gasteiger partial charge < -0.3 is 10.6 Å². The molecule has 0 saturated heterocycles. The lowest BCUT2D eigenvalue weighted by atomic mass is 9.93. The summed E-state index contributed by atoms with van der Waals surface area (Å²) in [7, 11) is 1.79. The van der Waals surface area contributed by atoms with Crippen LogP contribution >= 0.6 is 0 Å². The number of aromatic nitrogens is 3. The average molecular weight is 287 g/mol. The number of nitrogens with two attached hydrogens (primary N) is 1. The van der Waals surface area contributed by atoms with Crippen molar-refractivity contribution in [3.63, 3.8) is 0 Å². The number of benzene rings is 1. The SMILES string of the molecule is CN(CC(C)(C)CN)C(=O)c1cccc(-n2cncn2)c1. The molecule has 0 atom stereocenters. The lowest BCUT2D eigenvalue weighted by molar-refractivity contribution is 0.0740. The van der Waals surface area contributed by atoms with Gasteiger partial charge in [0.1, 0.15) is 12.7 Å². The Morgan fingerprint density at radius 2 is 2.19 bits per heavy atom. The van der Waals surface area contributed by atoms with Crippen molar-refractivity contribution in [2.45, 2.75) is 13.8 Å². The summed E-state index contributed by atoms with van der Waals surface area (Å²) in [6, 6.07) is 7.33. The van der Waals surface area contributed by atoms with E-state index in [1.807, 2.05) is 32.0 Å². The van der Waals surface area contributed by atoms with Gasteiger partial charge in [0, 0.05) is 19.2 Å². The molecule has 1 amide bonds. The molecule has 2 aromatic rings. The summed E-state index contributed by atoms with van der Waals surface area (Å²) < 4.78 is 1.63. The highest BCUT2D eigenvalue weighted by Crippen LogP contribution is 2.17. The molecule has 2 rings (SSSR count). The molecule has 6 heteroatoms. The summed E-state index contributed by atoms with van der Waals surface area (Å²) in [5, 5.41) is 4.07. The lowest BCUT2D eigenvalue weighted by Crippen LogP contribution is -2.39. The van der Waals surface area contributed by atoms with Crippen LogP contribution in [0, 0.1) is 5.41 Å². The van der Waals surface area contributed by atoms with Crippen molar-refractivity contribution in [3.05, 3.63) is 42.5 Å². The Kier molecular flexibility index (Phi) is 4.37. The summed E-state index contributed by atoms with van der Waals surface area (Å²) >= 11 is 0. The van der Waals surface area contributed by atoms with Crippen LogP contribution in [-0.2, 0) is 0 Å². The first-order valence-corrected chi connectivity index (χ1v) is 6.83. The molecule has 1 aromatic carbocycles. The highest BCUT2D eigenvalue weighted by atomic mass is 16.2. The van der Waals surface area contributed by atoms with Gasteiger partial charge in [0.25, 0.3) is 5.91 Å². The third-order valence-corrected chi connectivity index (χ3v) is 3.34. The van der Waals surface area contributed by atoms with E-state index in [0.29, 0.717) is 18.7 Å². The smallest absolute Gasteiger partial charge is 0.253 e. The van der Waals surface area contributed by atoms with E-state index in [1.54, 1.807) is 29.0 Å². The molecule has 0 aliphatic rings. The van der Waals surface area contributed by atoms with Crippen molar-refractivity contribution in [2.75, 3.05) is 20.1 Å². The minimum atomic E-state index is -0.103. The molecular formula is C15H21N5O. The van der Waals surface area contributed by atoms with E-state index in [9.17, 15) is 4.79 Å². The second-order valence-electron chi connectivity index (χ2n) is 5.92. The van der Waals surface area contributed by atoms with E-state index in [-0.39, 0.29) is 11.3 Å². The highest BCUT2D eigenvalue weighted by molar-refractivity contribution is 5.94. The first-order valence-electron chi connectivity index (χ1n) is 6.83. The van der Waals surface area contributed by atoms with E-state index < -0.39 is 0 Å². The van der Waals surface area contributed by atoms with Crippen molar-refractivity contribution < 1.29 is 4.79 Å². The minimum absolute atomic E-state index is 0.0292. The average Bonchev–Trinajstić information content (AvgIpc) is 3.00. The Balaban J connectivity index is 2.18. The fourth-order valence-electron chi connectivity index (χ4n) is 2.12. The summed E-state index contributed by atoms with van der Waals surface area (Å²) in [4.78, 5) is 18.1. The topological polar surface area (TPSA) is 77.0 Å². The van der Waals surface area contributed by atoms with Crippen LogP contribution in [0.25, 0.3) is 5.69 Å². The molecule has 1 heterocycles. The van der Waals surface area contributed by atoms with Crippen molar-refractivity contribution >= 4 is 5.91 Å². The number of amides is 1. The predicted octanol–water partition coefficient (Wildman–Crippen LogP) is 1.32. The number of hydrogen-bond donors (Lipinski definition) is 1. The molecule has 0 saturated carbocycles. The molecule has 2 N–H and O–H groups in total. The number of hydrogen-bond acceptors (Lipinski definition) is 4. The molecule has 0 fully saturated rings. The van der Waals surface area contributed by atoms with Gasteiger partial charge in [-0.1, -0.05) is 19.9 Å². The maximum atomic E-state index is 12.5. The van der Waals surface area contributed by atoms with Gasteiger partial charge >= 0.3 is 0 Å². The fourth-order valence-corrected chi connectivity index (χ4v) is 2.12. The Morgan fingerprint density at radius 3 is 2.81 bits per heavy atom. The Hall–Kier alpha value is -2.21.